The number of nitrogens with zero attached hydrogens (tertiary/aromatic N) is 2. The molecular formula is C13H20N2O4. The lowest BCUT2D eigenvalue weighted by Crippen LogP contribution is -2.39. The van der Waals surface area contributed by atoms with E-state index in [2.05, 4.69) is 9.72 Å². The predicted octanol–water partition coefficient (Wildman–Crippen LogP) is 1.85. The molecule has 0 bridgehead atoms. The van der Waals surface area contributed by atoms with Crippen molar-refractivity contribution >= 4 is 11.9 Å². The van der Waals surface area contributed by atoms with Crippen molar-refractivity contribution in [3.8, 4) is 0 Å². The average Bonchev–Trinajstić information content (AvgIpc) is 2.82. The maximum atomic E-state index is 12.1. The first-order chi connectivity index (χ1) is 8.86. The maximum Gasteiger partial charge on any atom is 0.360 e. The molecule has 0 unspecified atom stereocenters. The van der Waals surface area contributed by atoms with Crippen LogP contribution >= 0.6 is 0 Å². The van der Waals surface area contributed by atoms with E-state index in [0.29, 0.717) is 5.89 Å². The van der Waals surface area contributed by atoms with Crippen LogP contribution in [0.15, 0.2) is 10.7 Å². The minimum absolute atomic E-state index is 0.0211. The zero-order chi connectivity index (χ0) is 14.6. The van der Waals surface area contributed by atoms with Crippen LogP contribution in [0.2, 0.25) is 0 Å². The Bertz CT molecular complexity index is 451. The molecule has 6 heteroatoms. The van der Waals surface area contributed by atoms with Crippen molar-refractivity contribution in [2.75, 3.05) is 7.11 Å². The number of ether oxygens (including phenoxy) is 1. The number of aromatic nitrogens is 1. The van der Waals surface area contributed by atoms with Crippen LogP contribution in [-0.4, -0.2) is 34.9 Å². The molecule has 0 atom stereocenters. The van der Waals surface area contributed by atoms with Gasteiger partial charge in [0.25, 0.3) is 0 Å². The third-order valence-corrected chi connectivity index (χ3v) is 2.65. The van der Waals surface area contributed by atoms with Gasteiger partial charge in [-0.1, -0.05) is 13.8 Å². The van der Waals surface area contributed by atoms with Gasteiger partial charge in [0, 0.05) is 12.0 Å². The second kappa shape index (κ2) is 6.36. The zero-order valence-corrected chi connectivity index (χ0v) is 12.0. The SMILES string of the molecule is COC(=O)c1coc(CN(C(=O)C(C)C)C(C)C)n1. The Morgan fingerprint density at radius 2 is 2.00 bits per heavy atom. The van der Waals surface area contributed by atoms with Crippen LogP contribution in [-0.2, 0) is 16.1 Å². The van der Waals surface area contributed by atoms with Crippen molar-refractivity contribution in [1.82, 2.24) is 9.88 Å². The summed E-state index contributed by atoms with van der Waals surface area (Å²) < 4.78 is 9.74. The summed E-state index contributed by atoms with van der Waals surface area (Å²) in [6.07, 6.45) is 1.24. The fraction of sp³-hybridized carbons (Fsp3) is 0.615. The Labute approximate surface area is 112 Å². The Kier molecular flexibility index (Phi) is 5.09. The number of rotatable bonds is 5. The second-order valence-corrected chi connectivity index (χ2v) is 4.83. The fourth-order valence-corrected chi connectivity index (χ4v) is 1.57. The molecule has 0 aromatic carbocycles. The monoisotopic (exact) mass is 268 g/mol. The molecule has 0 N–H and O–H groups in total. The number of oxazole rings is 1. The summed E-state index contributed by atoms with van der Waals surface area (Å²) in [7, 11) is 1.28. The summed E-state index contributed by atoms with van der Waals surface area (Å²) >= 11 is 0. The normalized spacial score (nSPS) is 10.9. The summed E-state index contributed by atoms with van der Waals surface area (Å²) in [4.78, 5) is 29.0. The number of carbonyl (C=O) groups excluding carboxylic acids is 2. The summed E-state index contributed by atoms with van der Waals surface area (Å²) in [6.45, 7) is 7.76. The molecule has 1 aromatic heterocycles. The van der Waals surface area contributed by atoms with Gasteiger partial charge in [0.05, 0.1) is 13.7 Å². The number of methoxy groups -OCH3 is 1. The van der Waals surface area contributed by atoms with Crippen LogP contribution in [0.25, 0.3) is 0 Å². The van der Waals surface area contributed by atoms with Crippen molar-refractivity contribution in [3.63, 3.8) is 0 Å². The van der Waals surface area contributed by atoms with Crippen LogP contribution in [0.3, 0.4) is 0 Å². The lowest BCUT2D eigenvalue weighted by molar-refractivity contribution is -0.137. The molecule has 106 valence electrons. The van der Waals surface area contributed by atoms with E-state index in [9.17, 15) is 9.59 Å². The van der Waals surface area contributed by atoms with Gasteiger partial charge < -0.3 is 14.1 Å². The number of amides is 1. The summed E-state index contributed by atoms with van der Waals surface area (Å²) in [5, 5.41) is 0. The summed E-state index contributed by atoms with van der Waals surface area (Å²) in [5.41, 5.74) is 0.109. The maximum absolute atomic E-state index is 12.1. The lowest BCUT2D eigenvalue weighted by Gasteiger charge is -2.27. The molecule has 1 heterocycles. The highest BCUT2D eigenvalue weighted by atomic mass is 16.5. The van der Waals surface area contributed by atoms with E-state index in [1.54, 1.807) is 4.90 Å². The van der Waals surface area contributed by atoms with Gasteiger partial charge in [0.2, 0.25) is 11.8 Å². The largest absolute Gasteiger partial charge is 0.464 e. The minimum atomic E-state index is -0.554. The Morgan fingerprint density at radius 1 is 1.37 bits per heavy atom. The van der Waals surface area contributed by atoms with E-state index in [4.69, 9.17) is 4.42 Å². The van der Waals surface area contributed by atoms with Crippen molar-refractivity contribution in [3.05, 3.63) is 17.8 Å². The number of esters is 1. The minimum Gasteiger partial charge on any atom is -0.464 e. The quantitative estimate of drug-likeness (QED) is 0.762. The van der Waals surface area contributed by atoms with Crippen LogP contribution < -0.4 is 0 Å². The molecule has 0 radical (unpaired) electrons. The molecule has 0 aliphatic heterocycles. The standard InChI is InChI=1S/C13H20N2O4/c1-8(2)12(16)15(9(3)4)6-11-14-10(7-19-11)13(17)18-5/h7-9H,6H2,1-5H3. The van der Waals surface area contributed by atoms with Gasteiger partial charge in [-0.3, -0.25) is 4.79 Å². The Hall–Kier alpha value is -1.85. The molecular weight excluding hydrogens is 248 g/mol. The van der Waals surface area contributed by atoms with Gasteiger partial charge in [-0.15, -0.1) is 0 Å². The van der Waals surface area contributed by atoms with Crippen LogP contribution in [0, 0.1) is 5.92 Å². The van der Waals surface area contributed by atoms with E-state index in [-0.39, 0.29) is 30.1 Å². The lowest BCUT2D eigenvalue weighted by atomic mass is 10.1. The van der Waals surface area contributed by atoms with Gasteiger partial charge >= 0.3 is 5.97 Å². The average molecular weight is 268 g/mol. The van der Waals surface area contributed by atoms with E-state index >= 15 is 0 Å². The number of carbonyl (C=O) groups is 2. The summed E-state index contributed by atoms with van der Waals surface area (Å²) in [5.74, 6) is -0.311. The van der Waals surface area contributed by atoms with Gasteiger partial charge in [-0.2, -0.15) is 0 Å². The van der Waals surface area contributed by atoms with Crippen molar-refractivity contribution in [1.29, 1.82) is 0 Å². The highest BCUT2D eigenvalue weighted by molar-refractivity contribution is 5.86. The molecule has 1 aromatic rings. The number of hydrogen-bond acceptors (Lipinski definition) is 5. The van der Waals surface area contributed by atoms with Gasteiger partial charge in [0.1, 0.15) is 6.26 Å². The highest BCUT2D eigenvalue weighted by Crippen LogP contribution is 2.12. The zero-order valence-electron chi connectivity index (χ0n) is 12.0. The molecule has 0 spiro atoms. The van der Waals surface area contributed by atoms with Crippen molar-refractivity contribution in [2.24, 2.45) is 5.92 Å². The molecule has 19 heavy (non-hydrogen) atoms. The first kappa shape index (κ1) is 15.2. The Balaban J connectivity index is 2.83. The second-order valence-electron chi connectivity index (χ2n) is 4.83. The van der Waals surface area contributed by atoms with Gasteiger partial charge in [-0.05, 0) is 13.8 Å². The first-order valence-corrected chi connectivity index (χ1v) is 6.20. The van der Waals surface area contributed by atoms with Gasteiger partial charge in [0.15, 0.2) is 5.69 Å². The topological polar surface area (TPSA) is 72.6 Å². The molecule has 6 nitrogen and oxygen atoms in total. The molecule has 0 saturated heterocycles. The van der Waals surface area contributed by atoms with E-state index in [1.807, 2.05) is 27.7 Å². The van der Waals surface area contributed by atoms with Crippen LogP contribution in [0.1, 0.15) is 44.1 Å². The van der Waals surface area contributed by atoms with Gasteiger partial charge in [-0.25, -0.2) is 9.78 Å². The van der Waals surface area contributed by atoms with Crippen LogP contribution in [0.4, 0.5) is 0 Å². The Morgan fingerprint density at radius 3 is 2.47 bits per heavy atom. The molecule has 0 saturated carbocycles. The smallest absolute Gasteiger partial charge is 0.360 e. The third-order valence-electron chi connectivity index (χ3n) is 2.65. The van der Waals surface area contributed by atoms with E-state index < -0.39 is 5.97 Å². The molecule has 0 aliphatic carbocycles. The molecule has 1 amide bonds. The molecule has 1 rings (SSSR count). The highest BCUT2D eigenvalue weighted by Gasteiger charge is 2.22. The third kappa shape index (κ3) is 3.81. The molecule has 0 fully saturated rings. The van der Waals surface area contributed by atoms with Crippen molar-refractivity contribution in [2.45, 2.75) is 40.3 Å². The molecule has 0 aliphatic rings. The summed E-state index contributed by atoms with van der Waals surface area (Å²) in [6, 6.07) is 0.0309. The van der Waals surface area contributed by atoms with E-state index in [1.165, 1.54) is 13.4 Å². The number of hydrogen-bond donors (Lipinski definition) is 0. The fourth-order valence-electron chi connectivity index (χ4n) is 1.57. The van der Waals surface area contributed by atoms with Crippen LogP contribution in [0.5, 0.6) is 0 Å². The first-order valence-electron chi connectivity index (χ1n) is 6.20. The van der Waals surface area contributed by atoms with Crippen molar-refractivity contribution < 1.29 is 18.7 Å². The van der Waals surface area contributed by atoms with E-state index in [0.717, 1.165) is 0 Å². The predicted molar refractivity (Wildman–Crippen MR) is 68.4 cm³/mol.